The monoisotopic (exact) mass is 274 g/mol. The van der Waals surface area contributed by atoms with Crippen molar-refractivity contribution in [3.8, 4) is 17.6 Å². The van der Waals surface area contributed by atoms with Crippen molar-refractivity contribution in [1.82, 2.24) is 4.90 Å². The van der Waals surface area contributed by atoms with Gasteiger partial charge in [-0.2, -0.15) is 0 Å². The van der Waals surface area contributed by atoms with E-state index in [9.17, 15) is 0 Å². The molecule has 0 fully saturated rings. The quantitative estimate of drug-likeness (QED) is 0.776. The summed E-state index contributed by atoms with van der Waals surface area (Å²) in [4.78, 5) is 2.33. The molecule has 0 aromatic heterocycles. The van der Waals surface area contributed by atoms with Crippen LogP contribution in [0.2, 0.25) is 0 Å². The molecule has 1 aromatic rings. The van der Waals surface area contributed by atoms with Gasteiger partial charge < -0.3 is 15.4 Å². The normalized spacial score (nSPS) is 11.8. The molecule has 1 rings (SSSR count). The first-order chi connectivity index (χ1) is 9.67. The van der Waals surface area contributed by atoms with E-state index in [-0.39, 0.29) is 0 Å². The van der Waals surface area contributed by atoms with Crippen molar-refractivity contribution in [3.05, 3.63) is 29.8 Å². The van der Waals surface area contributed by atoms with Crippen LogP contribution in [0.4, 0.5) is 0 Å². The average molecular weight is 274 g/mol. The standard InChI is InChI=1S/C17H26N2O/c1-4-7-15(2)19(3)12-13-20-17-10-5-8-16(14-17)9-6-11-18/h5,8,10,14-15H,4,7,11-13,18H2,1-3H3. The summed E-state index contributed by atoms with van der Waals surface area (Å²) in [5.74, 6) is 6.73. The van der Waals surface area contributed by atoms with Crippen LogP contribution >= 0.6 is 0 Å². The maximum Gasteiger partial charge on any atom is 0.120 e. The van der Waals surface area contributed by atoms with Gasteiger partial charge in [0.15, 0.2) is 0 Å². The summed E-state index contributed by atoms with van der Waals surface area (Å²) in [6, 6.07) is 8.44. The van der Waals surface area contributed by atoms with Gasteiger partial charge in [-0.1, -0.05) is 31.3 Å². The fourth-order valence-corrected chi connectivity index (χ4v) is 1.98. The lowest BCUT2D eigenvalue weighted by atomic mass is 10.2. The van der Waals surface area contributed by atoms with Gasteiger partial charge in [0, 0.05) is 18.2 Å². The second-order valence-corrected chi connectivity index (χ2v) is 5.00. The van der Waals surface area contributed by atoms with Crippen LogP contribution in [0.5, 0.6) is 5.75 Å². The summed E-state index contributed by atoms with van der Waals surface area (Å²) in [6.45, 7) is 6.48. The van der Waals surface area contributed by atoms with Gasteiger partial charge in [0.1, 0.15) is 12.4 Å². The van der Waals surface area contributed by atoms with Crippen LogP contribution in [0.15, 0.2) is 24.3 Å². The molecule has 0 heterocycles. The number of nitrogens with zero attached hydrogens (tertiary/aromatic N) is 1. The summed E-state index contributed by atoms with van der Waals surface area (Å²) < 4.78 is 5.78. The van der Waals surface area contributed by atoms with Crippen LogP contribution < -0.4 is 10.5 Å². The third kappa shape index (κ3) is 6.10. The summed E-state index contributed by atoms with van der Waals surface area (Å²) in [5.41, 5.74) is 6.32. The zero-order chi connectivity index (χ0) is 14.8. The topological polar surface area (TPSA) is 38.5 Å². The Balaban J connectivity index is 2.42. The molecule has 0 spiro atoms. The van der Waals surface area contributed by atoms with Crippen molar-refractivity contribution in [3.63, 3.8) is 0 Å². The van der Waals surface area contributed by atoms with E-state index in [0.717, 1.165) is 17.9 Å². The first-order valence-corrected chi connectivity index (χ1v) is 7.29. The van der Waals surface area contributed by atoms with Gasteiger partial charge in [-0.25, -0.2) is 0 Å². The van der Waals surface area contributed by atoms with Gasteiger partial charge in [-0.05, 0) is 38.6 Å². The summed E-state index contributed by atoms with van der Waals surface area (Å²) in [6.07, 6.45) is 2.44. The van der Waals surface area contributed by atoms with Crippen molar-refractivity contribution >= 4 is 0 Å². The number of likely N-dealkylation sites (N-methyl/N-ethyl adjacent to an activating group) is 1. The Bertz CT molecular complexity index is 448. The minimum Gasteiger partial charge on any atom is -0.492 e. The van der Waals surface area contributed by atoms with Crippen LogP contribution in [0.1, 0.15) is 32.3 Å². The summed E-state index contributed by atoms with van der Waals surface area (Å²) >= 11 is 0. The molecule has 1 unspecified atom stereocenters. The fraction of sp³-hybridized carbons (Fsp3) is 0.529. The molecule has 0 saturated heterocycles. The van der Waals surface area contributed by atoms with Crippen LogP contribution in [0.3, 0.4) is 0 Å². The van der Waals surface area contributed by atoms with E-state index in [2.05, 4.69) is 37.6 Å². The molecule has 0 amide bonds. The lowest BCUT2D eigenvalue weighted by Crippen LogP contribution is -2.32. The predicted octanol–water partition coefficient (Wildman–Crippen LogP) is 2.50. The molecule has 20 heavy (non-hydrogen) atoms. The predicted molar refractivity (Wildman–Crippen MR) is 84.9 cm³/mol. The van der Waals surface area contributed by atoms with Crippen molar-refractivity contribution in [2.24, 2.45) is 5.73 Å². The van der Waals surface area contributed by atoms with Crippen LogP contribution in [-0.4, -0.2) is 37.7 Å². The van der Waals surface area contributed by atoms with Gasteiger partial charge >= 0.3 is 0 Å². The zero-order valence-corrected chi connectivity index (χ0v) is 12.9. The molecule has 0 bridgehead atoms. The Kier molecular flexibility index (Phi) is 7.79. The highest BCUT2D eigenvalue weighted by Gasteiger charge is 2.07. The highest BCUT2D eigenvalue weighted by molar-refractivity contribution is 5.39. The molecule has 3 nitrogen and oxygen atoms in total. The number of nitrogens with two attached hydrogens (primary N) is 1. The van der Waals surface area contributed by atoms with E-state index in [4.69, 9.17) is 10.5 Å². The second-order valence-electron chi connectivity index (χ2n) is 5.00. The Morgan fingerprint density at radius 1 is 1.40 bits per heavy atom. The largest absolute Gasteiger partial charge is 0.492 e. The number of hydrogen-bond acceptors (Lipinski definition) is 3. The zero-order valence-electron chi connectivity index (χ0n) is 12.9. The minimum atomic E-state index is 0.380. The number of benzene rings is 1. The molecule has 0 aliphatic heterocycles. The summed E-state index contributed by atoms with van der Waals surface area (Å²) in [5, 5.41) is 0. The number of ether oxygens (including phenoxy) is 1. The SMILES string of the molecule is CCCC(C)N(C)CCOc1cccc(C#CCN)c1. The Hall–Kier alpha value is -1.50. The van der Waals surface area contributed by atoms with Crippen molar-refractivity contribution in [2.45, 2.75) is 32.7 Å². The molecule has 0 aliphatic rings. The van der Waals surface area contributed by atoms with Gasteiger partial charge in [-0.15, -0.1) is 0 Å². The van der Waals surface area contributed by atoms with Gasteiger partial charge in [0.2, 0.25) is 0 Å². The van der Waals surface area contributed by atoms with E-state index in [1.807, 2.05) is 24.3 Å². The number of rotatable bonds is 7. The van der Waals surface area contributed by atoms with Gasteiger partial charge in [0.25, 0.3) is 0 Å². The first kappa shape index (κ1) is 16.6. The Morgan fingerprint density at radius 2 is 2.20 bits per heavy atom. The van der Waals surface area contributed by atoms with Crippen LogP contribution in [0, 0.1) is 11.8 Å². The first-order valence-electron chi connectivity index (χ1n) is 7.29. The Labute approximate surface area is 123 Å². The van der Waals surface area contributed by atoms with E-state index in [1.54, 1.807) is 0 Å². The van der Waals surface area contributed by atoms with Gasteiger partial charge in [-0.3, -0.25) is 0 Å². The molecule has 110 valence electrons. The van der Waals surface area contributed by atoms with Crippen molar-refractivity contribution < 1.29 is 4.74 Å². The third-order valence-corrected chi connectivity index (χ3v) is 3.34. The van der Waals surface area contributed by atoms with Gasteiger partial charge in [0.05, 0.1) is 6.54 Å². The van der Waals surface area contributed by atoms with E-state index in [1.165, 1.54) is 12.8 Å². The van der Waals surface area contributed by atoms with Crippen molar-refractivity contribution in [2.75, 3.05) is 26.7 Å². The molecule has 2 N–H and O–H groups in total. The molecule has 1 atom stereocenters. The second kappa shape index (κ2) is 9.41. The fourth-order valence-electron chi connectivity index (χ4n) is 1.98. The molecule has 3 heteroatoms. The summed E-state index contributed by atoms with van der Waals surface area (Å²) in [7, 11) is 2.15. The van der Waals surface area contributed by atoms with Crippen LogP contribution in [0.25, 0.3) is 0 Å². The third-order valence-electron chi connectivity index (χ3n) is 3.34. The Morgan fingerprint density at radius 3 is 2.90 bits per heavy atom. The van der Waals surface area contributed by atoms with E-state index in [0.29, 0.717) is 19.2 Å². The molecular formula is C17H26N2O. The minimum absolute atomic E-state index is 0.380. The van der Waals surface area contributed by atoms with Crippen LogP contribution in [-0.2, 0) is 0 Å². The number of hydrogen-bond donors (Lipinski definition) is 1. The van der Waals surface area contributed by atoms with Crippen molar-refractivity contribution in [1.29, 1.82) is 0 Å². The molecule has 1 aromatic carbocycles. The maximum atomic E-state index is 5.78. The van der Waals surface area contributed by atoms with E-state index >= 15 is 0 Å². The molecule has 0 saturated carbocycles. The van der Waals surface area contributed by atoms with E-state index < -0.39 is 0 Å². The molecular weight excluding hydrogens is 248 g/mol. The molecule has 0 aliphatic carbocycles. The average Bonchev–Trinajstić information content (AvgIpc) is 2.45. The molecule has 0 radical (unpaired) electrons. The maximum absolute atomic E-state index is 5.78. The lowest BCUT2D eigenvalue weighted by molar-refractivity contribution is 0.193. The highest BCUT2D eigenvalue weighted by Crippen LogP contribution is 2.12. The highest BCUT2D eigenvalue weighted by atomic mass is 16.5. The lowest BCUT2D eigenvalue weighted by Gasteiger charge is -2.24. The smallest absolute Gasteiger partial charge is 0.120 e.